The van der Waals surface area contributed by atoms with Gasteiger partial charge in [0.2, 0.25) is 11.8 Å². The topological polar surface area (TPSA) is 128 Å². The first-order valence-electron chi connectivity index (χ1n) is 8.63. The molecule has 0 unspecified atom stereocenters. The maximum atomic E-state index is 12.5. The molecule has 10 nitrogen and oxygen atoms in total. The number of benzene rings is 2. The van der Waals surface area contributed by atoms with Gasteiger partial charge in [0, 0.05) is 18.8 Å². The van der Waals surface area contributed by atoms with Crippen LogP contribution in [0.5, 0.6) is 0 Å². The van der Waals surface area contributed by atoms with E-state index in [1.165, 1.54) is 24.1 Å². The van der Waals surface area contributed by atoms with Gasteiger partial charge in [0.15, 0.2) is 5.58 Å². The number of oxazole rings is 1. The van der Waals surface area contributed by atoms with Gasteiger partial charge in [0.1, 0.15) is 6.54 Å². The number of hydrogen-bond donors (Lipinski definition) is 1. The van der Waals surface area contributed by atoms with Crippen molar-refractivity contribution in [3.8, 4) is 0 Å². The molecule has 3 aromatic rings. The Labute approximate surface area is 164 Å². The monoisotopic (exact) mass is 398 g/mol. The van der Waals surface area contributed by atoms with Crippen LogP contribution in [0.2, 0.25) is 0 Å². The molecule has 3 rings (SSSR count). The molecule has 0 aliphatic heterocycles. The van der Waals surface area contributed by atoms with Gasteiger partial charge >= 0.3 is 5.76 Å². The molecule has 29 heavy (non-hydrogen) atoms. The van der Waals surface area contributed by atoms with Gasteiger partial charge in [-0.2, -0.15) is 0 Å². The van der Waals surface area contributed by atoms with E-state index in [1.54, 1.807) is 12.1 Å². The van der Waals surface area contributed by atoms with Gasteiger partial charge in [-0.15, -0.1) is 0 Å². The van der Waals surface area contributed by atoms with Crippen LogP contribution in [0, 0.1) is 17.0 Å². The van der Waals surface area contributed by atoms with Gasteiger partial charge in [0.05, 0.1) is 23.1 Å². The highest BCUT2D eigenvalue weighted by Crippen LogP contribution is 2.20. The number of likely N-dealkylation sites (N-methyl/N-ethyl adjacent to an activating group) is 1. The van der Waals surface area contributed by atoms with Gasteiger partial charge < -0.3 is 14.6 Å². The highest BCUT2D eigenvalue weighted by atomic mass is 16.6. The number of nitrogens with zero attached hydrogens (tertiary/aromatic N) is 3. The summed E-state index contributed by atoms with van der Waals surface area (Å²) < 4.78 is 6.06. The summed E-state index contributed by atoms with van der Waals surface area (Å²) in [6.45, 7) is 1.36. The molecule has 150 valence electrons. The molecule has 0 bridgehead atoms. The molecule has 2 aromatic carbocycles. The summed E-state index contributed by atoms with van der Waals surface area (Å²) in [5.41, 5.74) is 1.70. The Balaban J connectivity index is 1.68. The minimum Gasteiger partial charge on any atom is -0.407 e. The third-order valence-electron chi connectivity index (χ3n) is 4.30. The number of anilines is 1. The number of carbonyl (C=O) groups excluding carboxylic acids is 2. The fourth-order valence-corrected chi connectivity index (χ4v) is 2.72. The molecule has 0 fully saturated rings. The van der Waals surface area contributed by atoms with Gasteiger partial charge in [-0.3, -0.25) is 24.3 Å². The van der Waals surface area contributed by atoms with E-state index in [0.29, 0.717) is 5.69 Å². The molecule has 0 atom stereocenters. The van der Waals surface area contributed by atoms with Crippen LogP contribution in [0.4, 0.5) is 11.4 Å². The maximum absolute atomic E-state index is 12.5. The zero-order valence-electron chi connectivity index (χ0n) is 15.7. The quantitative estimate of drug-likeness (QED) is 0.499. The maximum Gasteiger partial charge on any atom is 0.420 e. The lowest BCUT2D eigenvalue weighted by molar-refractivity contribution is -0.384. The normalized spacial score (nSPS) is 10.7. The van der Waals surface area contributed by atoms with Crippen molar-refractivity contribution in [1.29, 1.82) is 0 Å². The van der Waals surface area contributed by atoms with Crippen molar-refractivity contribution in [3.05, 3.63) is 68.7 Å². The van der Waals surface area contributed by atoms with E-state index in [9.17, 15) is 24.5 Å². The predicted molar refractivity (Wildman–Crippen MR) is 105 cm³/mol. The molecule has 0 saturated heterocycles. The van der Waals surface area contributed by atoms with E-state index in [4.69, 9.17) is 4.42 Å². The molecule has 0 aliphatic carbocycles. The van der Waals surface area contributed by atoms with Crippen LogP contribution in [0.25, 0.3) is 11.1 Å². The van der Waals surface area contributed by atoms with Crippen LogP contribution in [0.1, 0.15) is 5.56 Å². The second-order valence-electron chi connectivity index (χ2n) is 6.53. The molecular weight excluding hydrogens is 380 g/mol. The number of aromatic nitrogens is 1. The molecule has 2 amide bonds. The van der Waals surface area contributed by atoms with Crippen LogP contribution in [0.3, 0.4) is 0 Å². The number of fused-ring (bicyclic) bond motifs is 1. The number of carbonyl (C=O) groups is 2. The highest BCUT2D eigenvalue weighted by Gasteiger charge is 2.19. The van der Waals surface area contributed by atoms with Gasteiger partial charge in [-0.25, -0.2) is 4.79 Å². The van der Waals surface area contributed by atoms with Crippen molar-refractivity contribution in [1.82, 2.24) is 9.47 Å². The Bertz CT molecular complexity index is 1150. The van der Waals surface area contributed by atoms with E-state index in [-0.39, 0.29) is 35.8 Å². The number of nitro groups is 1. The molecule has 1 N–H and O–H groups in total. The number of aryl methyl sites for hydroxylation is 1. The summed E-state index contributed by atoms with van der Waals surface area (Å²) in [6.07, 6.45) is 0. The summed E-state index contributed by atoms with van der Waals surface area (Å²) >= 11 is 0. The van der Waals surface area contributed by atoms with Crippen LogP contribution in [-0.2, 0) is 16.1 Å². The summed E-state index contributed by atoms with van der Waals surface area (Å²) in [5.74, 6) is -1.69. The number of nitrogens with one attached hydrogen (secondary N) is 1. The minimum absolute atomic E-state index is 0.0109. The summed E-state index contributed by atoms with van der Waals surface area (Å²) in [4.78, 5) is 48.0. The van der Waals surface area contributed by atoms with Crippen molar-refractivity contribution in [2.75, 3.05) is 18.9 Å². The highest BCUT2D eigenvalue weighted by molar-refractivity contribution is 5.94. The number of nitro benzene ring substituents is 1. The van der Waals surface area contributed by atoms with Crippen molar-refractivity contribution >= 4 is 34.3 Å². The lowest BCUT2D eigenvalue weighted by Gasteiger charge is -2.17. The van der Waals surface area contributed by atoms with Crippen LogP contribution >= 0.6 is 0 Å². The van der Waals surface area contributed by atoms with Crippen molar-refractivity contribution in [2.45, 2.75) is 13.5 Å². The standard InChI is InChI=1S/C19H18N4O6/c1-12-3-5-13(6-4-12)20-17(24)10-21(2)18(25)11-22-15-8-7-14(23(27)28)9-16(15)29-19(22)26/h3-9H,10-11H2,1-2H3,(H,20,24). The second-order valence-corrected chi connectivity index (χ2v) is 6.53. The first-order chi connectivity index (χ1) is 13.7. The van der Waals surface area contributed by atoms with Crippen LogP contribution < -0.4 is 11.1 Å². The zero-order valence-corrected chi connectivity index (χ0v) is 15.7. The molecule has 10 heteroatoms. The average Bonchev–Trinajstić information content (AvgIpc) is 2.98. The van der Waals surface area contributed by atoms with E-state index in [0.717, 1.165) is 16.2 Å². The number of non-ortho nitro benzene ring substituents is 1. The smallest absolute Gasteiger partial charge is 0.407 e. The SMILES string of the molecule is Cc1ccc(NC(=O)CN(C)C(=O)Cn2c(=O)oc3cc([N+](=O)[O-])ccc32)cc1. The van der Waals surface area contributed by atoms with Crippen LogP contribution in [-0.4, -0.2) is 39.8 Å². The Morgan fingerprint density at radius 2 is 1.90 bits per heavy atom. The Morgan fingerprint density at radius 3 is 2.55 bits per heavy atom. The Morgan fingerprint density at radius 1 is 1.21 bits per heavy atom. The van der Waals surface area contributed by atoms with E-state index >= 15 is 0 Å². The van der Waals surface area contributed by atoms with Crippen molar-refractivity contribution in [2.24, 2.45) is 0 Å². The summed E-state index contributed by atoms with van der Waals surface area (Å²) in [7, 11) is 1.44. The summed E-state index contributed by atoms with van der Waals surface area (Å²) in [5, 5.41) is 13.5. The number of hydrogen-bond acceptors (Lipinski definition) is 6. The molecule has 0 aliphatic rings. The largest absolute Gasteiger partial charge is 0.420 e. The first kappa shape index (κ1) is 19.8. The van der Waals surface area contributed by atoms with Crippen LogP contribution in [0.15, 0.2) is 51.7 Å². The molecule has 0 saturated carbocycles. The van der Waals surface area contributed by atoms with Gasteiger partial charge in [0.25, 0.3) is 5.69 Å². The van der Waals surface area contributed by atoms with Crippen molar-refractivity contribution in [3.63, 3.8) is 0 Å². The third kappa shape index (κ3) is 4.49. The van der Waals surface area contributed by atoms with E-state index in [1.807, 2.05) is 19.1 Å². The average molecular weight is 398 g/mol. The first-order valence-corrected chi connectivity index (χ1v) is 8.63. The summed E-state index contributed by atoms with van der Waals surface area (Å²) in [6, 6.07) is 10.9. The van der Waals surface area contributed by atoms with Crippen molar-refractivity contribution < 1.29 is 18.9 Å². The molecular formula is C19H18N4O6. The Hall–Kier alpha value is -3.95. The van der Waals surface area contributed by atoms with Gasteiger partial charge in [-0.1, -0.05) is 17.7 Å². The minimum atomic E-state index is -0.814. The zero-order chi connectivity index (χ0) is 21.1. The number of amides is 2. The fourth-order valence-electron chi connectivity index (χ4n) is 2.72. The van der Waals surface area contributed by atoms with Gasteiger partial charge in [-0.05, 0) is 25.1 Å². The predicted octanol–water partition coefficient (Wildman–Crippen LogP) is 1.91. The lowest BCUT2D eigenvalue weighted by atomic mass is 10.2. The Kier molecular flexibility index (Phi) is 5.44. The fraction of sp³-hybridized carbons (Fsp3) is 0.211. The third-order valence-corrected chi connectivity index (χ3v) is 4.30. The molecule has 0 spiro atoms. The lowest BCUT2D eigenvalue weighted by Crippen LogP contribution is -2.38. The molecule has 1 heterocycles. The second kappa shape index (κ2) is 7.97. The van der Waals surface area contributed by atoms with E-state index in [2.05, 4.69) is 5.32 Å². The molecule has 0 radical (unpaired) electrons. The molecule has 1 aromatic heterocycles. The van der Waals surface area contributed by atoms with E-state index < -0.39 is 16.6 Å². The number of rotatable bonds is 6.